The number of carbonyl (C=O) groups excluding carboxylic acids is 1. The van der Waals surface area contributed by atoms with Crippen LogP contribution in [0.25, 0.3) is 0 Å². The lowest BCUT2D eigenvalue weighted by atomic mass is 10.0. The number of carbonyl (C=O) groups is 1. The van der Waals surface area contributed by atoms with Crippen LogP contribution in [0.2, 0.25) is 0 Å². The molecule has 1 unspecified atom stereocenters. The van der Waals surface area contributed by atoms with E-state index in [1.807, 2.05) is 12.1 Å². The first kappa shape index (κ1) is 19.3. The van der Waals surface area contributed by atoms with Gasteiger partial charge in [0.1, 0.15) is 18.1 Å². The van der Waals surface area contributed by atoms with Gasteiger partial charge in [-0.25, -0.2) is 9.98 Å². The molecule has 0 saturated carbocycles. The number of aliphatic imine (C=N–C) groups is 2. The van der Waals surface area contributed by atoms with Crippen LogP contribution >= 0.6 is 0 Å². The number of benzene rings is 1. The minimum atomic E-state index is -0.502. The molecular weight excluding hydrogens is 372 g/mol. The van der Waals surface area contributed by atoms with Crippen molar-refractivity contribution in [3.63, 3.8) is 0 Å². The second-order valence-corrected chi connectivity index (χ2v) is 7.21. The largest absolute Gasteiger partial charge is 0.463 e. The van der Waals surface area contributed by atoms with E-state index in [-0.39, 0.29) is 12.1 Å². The average molecular weight is 398 g/mol. The number of hydrogen-bond donors (Lipinski definition) is 2. The quantitative estimate of drug-likeness (QED) is 0.707. The third kappa shape index (κ3) is 4.34. The predicted octanol–water partition coefficient (Wildman–Crippen LogP) is 0.210. The fraction of sp³-hybridized carbons (Fsp3) is 0.450. The maximum atomic E-state index is 11.8. The molecule has 1 aromatic carbocycles. The topological polar surface area (TPSA) is 119 Å². The highest BCUT2D eigenvalue weighted by molar-refractivity contribution is 6.40. The van der Waals surface area contributed by atoms with Gasteiger partial charge in [0.2, 0.25) is 0 Å². The second-order valence-electron chi connectivity index (χ2n) is 7.21. The van der Waals surface area contributed by atoms with Gasteiger partial charge in [-0.15, -0.1) is 0 Å². The minimum absolute atomic E-state index is 0.0708. The molecule has 0 aromatic heterocycles. The number of nitrogens with zero attached hydrogens (tertiary/aromatic N) is 4. The Morgan fingerprint density at radius 1 is 1.24 bits per heavy atom. The van der Waals surface area contributed by atoms with Crippen LogP contribution in [0.5, 0.6) is 0 Å². The molecule has 29 heavy (non-hydrogen) atoms. The maximum absolute atomic E-state index is 11.8. The molecule has 1 fully saturated rings. The molecule has 1 saturated heterocycles. The van der Waals surface area contributed by atoms with Gasteiger partial charge in [-0.2, -0.15) is 0 Å². The molecule has 0 spiro atoms. The van der Waals surface area contributed by atoms with Crippen LogP contribution in [0, 0.1) is 0 Å². The van der Waals surface area contributed by atoms with Crippen LogP contribution in [0.3, 0.4) is 0 Å². The molecule has 3 aliphatic heterocycles. The first-order chi connectivity index (χ1) is 14.1. The summed E-state index contributed by atoms with van der Waals surface area (Å²) in [6, 6.07) is 8.52. The number of amides is 1. The van der Waals surface area contributed by atoms with Crippen LogP contribution in [0.4, 0.5) is 5.69 Å². The van der Waals surface area contributed by atoms with E-state index in [0.717, 1.165) is 43.0 Å². The Morgan fingerprint density at radius 3 is 2.76 bits per heavy atom. The zero-order valence-corrected chi connectivity index (χ0v) is 16.3. The van der Waals surface area contributed by atoms with Crippen LogP contribution in [-0.2, 0) is 20.7 Å². The molecule has 1 aromatic rings. The van der Waals surface area contributed by atoms with Crippen LogP contribution in [-0.4, -0.2) is 68.0 Å². The Balaban J connectivity index is 1.60. The number of aryl methyl sites for hydroxylation is 1. The number of ether oxygens (including phenoxy) is 2. The molecule has 9 heteroatoms. The van der Waals surface area contributed by atoms with Gasteiger partial charge in [-0.05, 0) is 24.5 Å². The number of amidine groups is 1. The molecule has 3 heterocycles. The summed E-state index contributed by atoms with van der Waals surface area (Å²) in [5.74, 6) is 0.454. The van der Waals surface area contributed by atoms with Crippen molar-refractivity contribution in [2.45, 2.75) is 18.9 Å². The molecule has 3 aliphatic rings. The third-order valence-corrected chi connectivity index (χ3v) is 5.30. The molecule has 154 valence electrons. The molecule has 0 aliphatic carbocycles. The van der Waals surface area contributed by atoms with Gasteiger partial charge < -0.3 is 30.7 Å². The van der Waals surface area contributed by atoms with Crippen molar-refractivity contribution < 1.29 is 14.3 Å². The van der Waals surface area contributed by atoms with Crippen molar-refractivity contribution in [2.75, 3.05) is 44.4 Å². The van der Waals surface area contributed by atoms with Gasteiger partial charge in [0.25, 0.3) is 11.9 Å². The fourth-order valence-electron chi connectivity index (χ4n) is 3.76. The van der Waals surface area contributed by atoms with Crippen LogP contribution in [0.15, 0.2) is 46.3 Å². The summed E-state index contributed by atoms with van der Waals surface area (Å²) in [5.41, 5.74) is 13.7. The van der Waals surface area contributed by atoms with Crippen molar-refractivity contribution >= 4 is 23.3 Å². The first-order valence-electron chi connectivity index (χ1n) is 9.82. The molecule has 4 N–H and O–H groups in total. The van der Waals surface area contributed by atoms with E-state index in [1.165, 1.54) is 0 Å². The first-order valence-corrected chi connectivity index (χ1v) is 9.82. The lowest BCUT2D eigenvalue weighted by Gasteiger charge is -2.39. The summed E-state index contributed by atoms with van der Waals surface area (Å²) >= 11 is 0. The van der Waals surface area contributed by atoms with Crippen molar-refractivity contribution in [1.82, 2.24) is 4.90 Å². The Bertz CT molecular complexity index is 860. The number of nitrogens with two attached hydrogens (primary N) is 2. The third-order valence-electron chi connectivity index (χ3n) is 5.30. The van der Waals surface area contributed by atoms with Crippen molar-refractivity contribution in [3.05, 3.63) is 41.8 Å². The molecule has 9 nitrogen and oxygen atoms in total. The van der Waals surface area contributed by atoms with Gasteiger partial charge in [0.05, 0.1) is 32.0 Å². The molecule has 0 radical (unpaired) electrons. The SMILES string of the molecule is NC(=O)C1=NC=C(N2CCOCC2)N(c2ccccc2CCC2COC(N)=N2)C1. The highest BCUT2D eigenvalue weighted by atomic mass is 16.5. The van der Waals surface area contributed by atoms with Crippen LogP contribution in [0.1, 0.15) is 12.0 Å². The Hall–Kier alpha value is -3.07. The molecule has 0 bridgehead atoms. The summed E-state index contributed by atoms with van der Waals surface area (Å²) in [6.45, 7) is 3.75. The zero-order valence-electron chi connectivity index (χ0n) is 16.3. The van der Waals surface area contributed by atoms with E-state index in [4.69, 9.17) is 20.9 Å². The van der Waals surface area contributed by atoms with E-state index < -0.39 is 5.91 Å². The maximum Gasteiger partial charge on any atom is 0.282 e. The standard InChI is InChI=1S/C20H26N6O3/c21-19(27)16-12-26(18(11-23-16)25-7-9-28-10-8-25)17-4-2-1-3-14(17)5-6-15-13-29-20(22)24-15/h1-4,11,15H,5-10,12-13H2,(H2,21,27)(H2,22,24). The van der Waals surface area contributed by atoms with E-state index in [2.05, 4.69) is 31.9 Å². The van der Waals surface area contributed by atoms with Gasteiger partial charge in [-0.3, -0.25) is 4.79 Å². The van der Waals surface area contributed by atoms with E-state index >= 15 is 0 Å². The summed E-state index contributed by atoms with van der Waals surface area (Å²) in [7, 11) is 0. The normalized spacial score (nSPS) is 21.9. The highest BCUT2D eigenvalue weighted by Gasteiger charge is 2.28. The smallest absolute Gasteiger partial charge is 0.282 e. The van der Waals surface area contributed by atoms with Gasteiger partial charge in [-0.1, -0.05) is 18.2 Å². The number of hydrogen-bond acceptors (Lipinski definition) is 8. The van der Waals surface area contributed by atoms with Crippen molar-refractivity contribution in [2.24, 2.45) is 21.5 Å². The summed E-state index contributed by atoms with van der Waals surface area (Å²) < 4.78 is 10.7. The van der Waals surface area contributed by atoms with Crippen molar-refractivity contribution in [1.29, 1.82) is 0 Å². The Labute approximate surface area is 169 Å². The Morgan fingerprint density at radius 2 is 2.03 bits per heavy atom. The van der Waals surface area contributed by atoms with Gasteiger partial charge in [0.15, 0.2) is 0 Å². The fourth-order valence-corrected chi connectivity index (χ4v) is 3.76. The predicted molar refractivity (Wildman–Crippen MR) is 111 cm³/mol. The summed E-state index contributed by atoms with van der Waals surface area (Å²) in [4.78, 5) is 24.8. The number of primary amides is 1. The van der Waals surface area contributed by atoms with Crippen LogP contribution < -0.4 is 16.4 Å². The number of rotatable bonds is 6. The van der Waals surface area contributed by atoms with E-state index in [0.29, 0.717) is 32.1 Å². The number of morpholine rings is 1. The molecule has 1 atom stereocenters. The lowest BCUT2D eigenvalue weighted by Crippen LogP contribution is -2.47. The molecule has 1 amide bonds. The second kappa shape index (κ2) is 8.52. The van der Waals surface area contributed by atoms with E-state index in [1.54, 1.807) is 6.20 Å². The van der Waals surface area contributed by atoms with Gasteiger partial charge in [0, 0.05) is 18.8 Å². The summed E-state index contributed by atoms with van der Waals surface area (Å²) in [5, 5.41) is 0. The minimum Gasteiger partial charge on any atom is -0.463 e. The van der Waals surface area contributed by atoms with Crippen molar-refractivity contribution in [3.8, 4) is 0 Å². The molecule has 4 rings (SSSR count). The highest BCUT2D eigenvalue weighted by Crippen LogP contribution is 2.29. The monoisotopic (exact) mass is 398 g/mol. The van der Waals surface area contributed by atoms with Gasteiger partial charge >= 0.3 is 0 Å². The number of para-hydroxylation sites is 1. The molecular formula is C20H26N6O3. The number of anilines is 1. The van der Waals surface area contributed by atoms with E-state index in [9.17, 15) is 4.79 Å². The Kier molecular flexibility index (Phi) is 5.66. The zero-order chi connectivity index (χ0) is 20.2. The summed E-state index contributed by atoms with van der Waals surface area (Å²) in [6.07, 6.45) is 3.39. The lowest BCUT2D eigenvalue weighted by molar-refractivity contribution is -0.112. The average Bonchev–Trinajstić information content (AvgIpc) is 3.18.